The Morgan fingerprint density at radius 1 is 1.03 bits per heavy atom. The van der Waals surface area contributed by atoms with Crippen molar-refractivity contribution in [1.82, 2.24) is 15.1 Å². The molecule has 1 unspecified atom stereocenters. The smallest absolute Gasteiger partial charge is 0.254 e. The molecule has 0 aromatic heterocycles. The molecule has 2 aromatic rings. The molecule has 4 rings (SSSR count). The van der Waals surface area contributed by atoms with Crippen LogP contribution in [0.25, 0.3) is 0 Å². The lowest BCUT2D eigenvalue weighted by molar-refractivity contribution is -0.138. The molecule has 0 radical (unpaired) electrons. The summed E-state index contributed by atoms with van der Waals surface area (Å²) in [6.07, 6.45) is 2.37. The van der Waals surface area contributed by atoms with Gasteiger partial charge in [-0.05, 0) is 61.2 Å². The van der Waals surface area contributed by atoms with Crippen LogP contribution < -0.4 is 14.8 Å². The minimum Gasteiger partial charge on any atom is -0.493 e. The highest BCUT2D eigenvalue weighted by Gasteiger charge is 2.31. The first kappa shape index (κ1) is 25.8. The summed E-state index contributed by atoms with van der Waals surface area (Å²) >= 11 is 0. The topological polar surface area (TPSA) is 71.1 Å². The molecule has 0 aliphatic carbocycles. The van der Waals surface area contributed by atoms with Crippen molar-refractivity contribution < 1.29 is 32.2 Å². The Hall–Kier alpha value is -3.27. The van der Waals surface area contributed by atoms with Gasteiger partial charge in [-0.2, -0.15) is 0 Å². The number of hydrogen-bond acceptors (Lipinski definition) is 5. The fourth-order valence-corrected chi connectivity index (χ4v) is 4.91. The highest BCUT2D eigenvalue weighted by Crippen LogP contribution is 2.34. The maximum atomic E-state index is 13.8. The summed E-state index contributed by atoms with van der Waals surface area (Å²) in [5, 5.41) is 2.55. The van der Waals surface area contributed by atoms with Gasteiger partial charge in [0, 0.05) is 32.7 Å². The van der Waals surface area contributed by atoms with E-state index >= 15 is 0 Å². The molecule has 1 fully saturated rings. The third-order valence-corrected chi connectivity index (χ3v) is 6.88. The van der Waals surface area contributed by atoms with Crippen LogP contribution in [0.2, 0.25) is 0 Å². The Kier molecular flexibility index (Phi) is 8.03. The number of fused-ring (bicyclic) bond motifs is 1. The van der Waals surface area contributed by atoms with Gasteiger partial charge in [0.1, 0.15) is 0 Å². The molecule has 1 saturated heterocycles. The Morgan fingerprint density at radius 3 is 2.47 bits per heavy atom. The van der Waals surface area contributed by atoms with Crippen molar-refractivity contribution in [3.63, 3.8) is 0 Å². The Morgan fingerprint density at radius 2 is 1.75 bits per heavy atom. The summed E-state index contributed by atoms with van der Waals surface area (Å²) in [7, 11) is 3.19. The first-order chi connectivity index (χ1) is 17.3. The second-order valence-corrected chi connectivity index (χ2v) is 9.10. The van der Waals surface area contributed by atoms with Crippen LogP contribution in [0, 0.1) is 23.4 Å². The number of nitrogens with one attached hydrogen (secondary N) is 1. The second-order valence-electron chi connectivity index (χ2n) is 9.10. The number of amides is 2. The van der Waals surface area contributed by atoms with Crippen molar-refractivity contribution >= 4 is 11.8 Å². The van der Waals surface area contributed by atoms with E-state index in [0.29, 0.717) is 37.7 Å². The molecule has 2 aromatic carbocycles. The van der Waals surface area contributed by atoms with Gasteiger partial charge >= 0.3 is 0 Å². The highest BCUT2D eigenvalue weighted by atomic mass is 19.2. The largest absolute Gasteiger partial charge is 0.493 e. The van der Waals surface area contributed by atoms with E-state index in [4.69, 9.17) is 9.47 Å². The van der Waals surface area contributed by atoms with Gasteiger partial charge < -0.3 is 24.6 Å². The average molecular weight is 506 g/mol. The van der Waals surface area contributed by atoms with Crippen molar-refractivity contribution in [2.45, 2.75) is 25.8 Å². The lowest BCUT2D eigenvalue weighted by Gasteiger charge is -2.37. The molecule has 36 heavy (non-hydrogen) atoms. The van der Waals surface area contributed by atoms with Crippen LogP contribution in [0.1, 0.15) is 34.3 Å². The number of ether oxygens (including phenoxy) is 2. The van der Waals surface area contributed by atoms with Gasteiger partial charge in [-0.1, -0.05) is 0 Å². The summed E-state index contributed by atoms with van der Waals surface area (Å²) in [4.78, 5) is 29.5. The molecule has 2 heterocycles. The van der Waals surface area contributed by atoms with Gasteiger partial charge in [0.25, 0.3) is 5.91 Å². The summed E-state index contributed by atoms with van der Waals surface area (Å²) < 4.78 is 51.1. The van der Waals surface area contributed by atoms with Gasteiger partial charge in [0.05, 0.1) is 25.7 Å². The van der Waals surface area contributed by atoms with Crippen molar-refractivity contribution in [1.29, 1.82) is 0 Å². The number of methoxy groups -OCH3 is 2. The van der Waals surface area contributed by atoms with Crippen LogP contribution in [0.15, 0.2) is 24.3 Å². The first-order valence-corrected chi connectivity index (χ1v) is 12.0. The van der Waals surface area contributed by atoms with E-state index in [0.717, 1.165) is 49.1 Å². The van der Waals surface area contributed by atoms with Gasteiger partial charge in [0.2, 0.25) is 5.91 Å². The zero-order valence-corrected chi connectivity index (χ0v) is 20.4. The van der Waals surface area contributed by atoms with Crippen molar-refractivity contribution in [2.24, 2.45) is 5.92 Å². The summed E-state index contributed by atoms with van der Waals surface area (Å²) in [6, 6.07) is 5.54. The third-order valence-electron chi connectivity index (χ3n) is 6.88. The Balaban J connectivity index is 1.31. The number of carbonyl (C=O) groups excluding carboxylic acids is 2. The minimum atomic E-state index is -1.67. The summed E-state index contributed by atoms with van der Waals surface area (Å²) in [6.45, 7) is 3.13. The fraction of sp³-hybridized carbons (Fsp3) is 0.462. The van der Waals surface area contributed by atoms with E-state index < -0.39 is 28.9 Å². The van der Waals surface area contributed by atoms with E-state index in [-0.39, 0.29) is 18.4 Å². The van der Waals surface area contributed by atoms with Crippen molar-refractivity contribution in [2.75, 3.05) is 46.9 Å². The van der Waals surface area contributed by atoms with E-state index in [9.17, 15) is 22.8 Å². The molecule has 2 amide bonds. The number of hydrogen-bond donors (Lipinski definition) is 1. The predicted molar refractivity (Wildman–Crippen MR) is 126 cm³/mol. The number of benzene rings is 2. The molecule has 1 N–H and O–H groups in total. The summed E-state index contributed by atoms with van der Waals surface area (Å²) in [5.41, 5.74) is 1.66. The maximum Gasteiger partial charge on any atom is 0.254 e. The monoisotopic (exact) mass is 505 g/mol. The van der Waals surface area contributed by atoms with Gasteiger partial charge in [0.15, 0.2) is 29.0 Å². The molecule has 7 nitrogen and oxygen atoms in total. The molecule has 194 valence electrons. The standard InChI is InChI=1S/C26H30F3N3O4/c1-35-21-12-16-7-10-32(15-18(16)13-22(21)36-2)26(34)17-4-3-9-31(14-17)11-8-30-25(33)19-5-6-20(27)24(29)23(19)28/h5-6,12-13,17H,3-4,7-11,14-15H2,1-2H3,(H,30,33). The quantitative estimate of drug-likeness (QED) is 0.586. The summed E-state index contributed by atoms with van der Waals surface area (Å²) in [5.74, 6) is -4.06. The predicted octanol–water partition coefficient (Wildman–Crippen LogP) is 3.15. The number of piperidine rings is 1. The van der Waals surface area contributed by atoms with E-state index in [1.807, 2.05) is 17.0 Å². The maximum absolute atomic E-state index is 13.8. The van der Waals surface area contributed by atoms with E-state index in [1.165, 1.54) is 0 Å². The van der Waals surface area contributed by atoms with Gasteiger partial charge in [-0.15, -0.1) is 0 Å². The Labute approximate surface area is 208 Å². The zero-order valence-electron chi connectivity index (χ0n) is 20.4. The number of halogens is 3. The normalized spacial score (nSPS) is 17.9. The van der Waals surface area contributed by atoms with Crippen molar-refractivity contribution in [3.8, 4) is 11.5 Å². The zero-order chi connectivity index (χ0) is 25.8. The molecule has 1 atom stereocenters. The molecule has 10 heteroatoms. The molecule has 2 aliphatic rings. The van der Waals surface area contributed by atoms with Gasteiger partial charge in [-0.3, -0.25) is 9.59 Å². The van der Waals surface area contributed by atoms with E-state index in [1.54, 1.807) is 14.2 Å². The van der Waals surface area contributed by atoms with E-state index in [2.05, 4.69) is 10.2 Å². The van der Waals surface area contributed by atoms with Crippen molar-refractivity contribution in [3.05, 3.63) is 58.4 Å². The molecule has 0 bridgehead atoms. The van der Waals surface area contributed by atoms with Crippen LogP contribution in [0.3, 0.4) is 0 Å². The highest BCUT2D eigenvalue weighted by molar-refractivity contribution is 5.94. The van der Waals surface area contributed by atoms with Crippen LogP contribution in [0.5, 0.6) is 11.5 Å². The second kappa shape index (κ2) is 11.2. The number of carbonyl (C=O) groups is 2. The lowest BCUT2D eigenvalue weighted by atomic mass is 9.93. The third kappa shape index (κ3) is 5.43. The molecule has 0 saturated carbocycles. The van der Waals surface area contributed by atoms with Crippen LogP contribution in [0.4, 0.5) is 13.2 Å². The lowest BCUT2D eigenvalue weighted by Crippen LogP contribution is -2.47. The van der Waals surface area contributed by atoms with Gasteiger partial charge in [-0.25, -0.2) is 13.2 Å². The molecule has 2 aliphatic heterocycles. The Bertz CT molecular complexity index is 1140. The van der Waals surface area contributed by atoms with Crippen LogP contribution in [-0.2, 0) is 17.8 Å². The number of nitrogens with zero attached hydrogens (tertiary/aromatic N) is 2. The fourth-order valence-electron chi connectivity index (χ4n) is 4.91. The molecular weight excluding hydrogens is 475 g/mol. The average Bonchev–Trinajstić information content (AvgIpc) is 2.90. The molecule has 0 spiro atoms. The number of likely N-dealkylation sites (tertiary alicyclic amines) is 1. The van der Waals surface area contributed by atoms with Crippen LogP contribution in [-0.4, -0.2) is 68.6 Å². The minimum absolute atomic E-state index is 0.105. The number of rotatable bonds is 7. The van der Waals surface area contributed by atoms with Crippen LogP contribution >= 0.6 is 0 Å². The molecular formula is C26H30F3N3O4. The SMILES string of the molecule is COc1cc2c(cc1OC)CN(C(=O)C1CCCN(CCNC(=O)c3ccc(F)c(F)c3F)C1)CC2. The first-order valence-electron chi connectivity index (χ1n) is 12.0.